The van der Waals surface area contributed by atoms with E-state index in [1.54, 1.807) is 11.3 Å². The lowest BCUT2D eigenvalue weighted by Crippen LogP contribution is -2.38. The zero-order chi connectivity index (χ0) is 12.4. The Morgan fingerprint density at radius 1 is 1.28 bits per heavy atom. The number of nitrogens with zero attached hydrogens (tertiary/aromatic N) is 2. The minimum Gasteiger partial charge on any atom is -0.300 e. The van der Waals surface area contributed by atoms with Gasteiger partial charge in [-0.3, -0.25) is 10.3 Å². The van der Waals surface area contributed by atoms with Crippen LogP contribution in [0.5, 0.6) is 0 Å². The number of nitrogens with two attached hydrogens (primary N) is 1. The SMILES string of the molecule is NNc1ncc(CN2CCC3(CCCC3)CC2)s1. The molecule has 4 nitrogen and oxygen atoms in total. The molecule has 0 bridgehead atoms. The summed E-state index contributed by atoms with van der Waals surface area (Å²) in [4.78, 5) is 8.10. The van der Waals surface area contributed by atoms with Gasteiger partial charge in [0, 0.05) is 17.6 Å². The number of hydrazine groups is 1. The molecule has 2 aliphatic rings. The summed E-state index contributed by atoms with van der Waals surface area (Å²) >= 11 is 1.66. The highest BCUT2D eigenvalue weighted by Gasteiger charge is 2.36. The van der Waals surface area contributed by atoms with Crippen LogP contribution in [0.15, 0.2) is 6.20 Å². The molecule has 3 N–H and O–H groups in total. The minimum absolute atomic E-state index is 0.716. The van der Waals surface area contributed by atoms with Crippen molar-refractivity contribution in [3.63, 3.8) is 0 Å². The van der Waals surface area contributed by atoms with Crippen LogP contribution in [0, 0.1) is 5.41 Å². The molecule has 2 fully saturated rings. The largest absolute Gasteiger partial charge is 0.300 e. The van der Waals surface area contributed by atoms with Gasteiger partial charge in [0.25, 0.3) is 0 Å². The van der Waals surface area contributed by atoms with Crippen LogP contribution < -0.4 is 11.3 Å². The van der Waals surface area contributed by atoms with Crippen molar-refractivity contribution < 1.29 is 0 Å². The maximum absolute atomic E-state index is 5.36. The van der Waals surface area contributed by atoms with E-state index >= 15 is 0 Å². The van der Waals surface area contributed by atoms with Gasteiger partial charge in [-0.1, -0.05) is 24.2 Å². The molecule has 0 amide bonds. The summed E-state index contributed by atoms with van der Waals surface area (Å²) in [5.41, 5.74) is 3.33. The number of rotatable bonds is 3. The van der Waals surface area contributed by atoms with Crippen LogP contribution in [-0.4, -0.2) is 23.0 Å². The van der Waals surface area contributed by atoms with Crippen molar-refractivity contribution in [3.05, 3.63) is 11.1 Å². The normalized spacial score (nSPS) is 23.6. The molecule has 1 saturated carbocycles. The summed E-state index contributed by atoms with van der Waals surface area (Å²) in [6.07, 6.45) is 10.6. The smallest absolute Gasteiger partial charge is 0.197 e. The van der Waals surface area contributed by atoms with E-state index < -0.39 is 0 Å². The Balaban J connectivity index is 1.53. The molecular weight excluding hydrogens is 244 g/mol. The second-order valence-corrected chi connectivity index (χ2v) is 6.87. The van der Waals surface area contributed by atoms with E-state index in [-0.39, 0.29) is 0 Å². The number of nitrogen functional groups attached to an aromatic ring is 1. The summed E-state index contributed by atoms with van der Waals surface area (Å²) in [6, 6.07) is 0. The fourth-order valence-electron chi connectivity index (χ4n) is 3.48. The van der Waals surface area contributed by atoms with Crippen molar-refractivity contribution in [1.29, 1.82) is 0 Å². The van der Waals surface area contributed by atoms with Gasteiger partial charge >= 0.3 is 0 Å². The molecule has 0 aromatic carbocycles. The van der Waals surface area contributed by atoms with E-state index in [0.717, 1.165) is 11.7 Å². The molecule has 1 aliphatic heterocycles. The maximum Gasteiger partial charge on any atom is 0.197 e. The first kappa shape index (κ1) is 12.4. The van der Waals surface area contributed by atoms with Gasteiger partial charge in [-0.25, -0.2) is 10.8 Å². The highest BCUT2D eigenvalue weighted by Crippen LogP contribution is 2.46. The molecule has 0 radical (unpaired) electrons. The average Bonchev–Trinajstić information content (AvgIpc) is 3.02. The van der Waals surface area contributed by atoms with Crippen molar-refractivity contribution in [2.75, 3.05) is 18.5 Å². The lowest BCUT2D eigenvalue weighted by Gasteiger charge is -2.39. The fourth-order valence-corrected chi connectivity index (χ4v) is 4.24. The fraction of sp³-hybridized carbons (Fsp3) is 0.769. The third-order valence-electron chi connectivity index (χ3n) is 4.64. The van der Waals surface area contributed by atoms with Crippen molar-refractivity contribution in [2.45, 2.75) is 45.1 Å². The summed E-state index contributed by atoms with van der Waals surface area (Å²) in [5.74, 6) is 5.36. The van der Waals surface area contributed by atoms with Crippen molar-refractivity contribution in [1.82, 2.24) is 9.88 Å². The van der Waals surface area contributed by atoms with Gasteiger partial charge in [0.05, 0.1) is 0 Å². The number of thiazole rings is 1. The quantitative estimate of drug-likeness (QED) is 0.652. The molecule has 1 saturated heterocycles. The van der Waals surface area contributed by atoms with E-state index in [1.807, 2.05) is 6.20 Å². The highest BCUT2D eigenvalue weighted by atomic mass is 32.1. The third kappa shape index (κ3) is 2.53. The first-order valence-corrected chi connectivity index (χ1v) is 7.75. The minimum atomic E-state index is 0.716. The predicted molar refractivity (Wildman–Crippen MR) is 75.3 cm³/mol. The standard InChI is InChI=1S/C13H22N4S/c14-16-12-15-9-11(18-12)10-17-7-5-13(6-8-17)3-1-2-4-13/h9H,1-8,10,14H2,(H,15,16). The number of likely N-dealkylation sites (tertiary alicyclic amines) is 1. The molecular formula is C13H22N4S. The molecule has 0 unspecified atom stereocenters. The average molecular weight is 266 g/mol. The monoisotopic (exact) mass is 266 g/mol. The molecule has 0 atom stereocenters. The predicted octanol–water partition coefficient (Wildman–Crippen LogP) is 2.58. The molecule has 100 valence electrons. The molecule has 2 heterocycles. The van der Waals surface area contributed by atoms with Crippen LogP contribution in [0.2, 0.25) is 0 Å². The van der Waals surface area contributed by atoms with E-state index in [1.165, 1.54) is 56.5 Å². The lowest BCUT2D eigenvalue weighted by molar-refractivity contribution is 0.104. The van der Waals surface area contributed by atoms with Gasteiger partial charge < -0.3 is 0 Å². The van der Waals surface area contributed by atoms with Crippen LogP contribution in [0.3, 0.4) is 0 Å². The Morgan fingerprint density at radius 2 is 2.00 bits per heavy atom. The van der Waals surface area contributed by atoms with Gasteiger partial charge in [-0.15, -0.1) is 0 Å². The summed E-state index contributed by atoms with van der Waals surface area (Å²) in [7, 11) is 0. The topological polar surface area (TPSA) is 54.2 Å². The number of anilines is 1. The molecule has 1 aromatic rings. The zero-order valence-electron chi connectivity index (χ0n) is 10.8. The Kier molecular flexibility index (Phi) is 3.54. The third-order valence-corrected chi connectivity index (χ3v) is 5.55. The maximum atomic E-state index is 5.36. The van der Waals surface area contributed by atoms with Gasteiger partial charge in [0.2, 0.25) is 0 Å². The summed E-state index contributed by atoms with van der Waals surface area (Å²) in [6.45, 7) is 3.54. The number of hydrogen-bond acceptors (Lipinski definition) is 5. The Hall–Kier alpha value is -0.650. The van der Waals surface area contributed by atoms with Gasteiger partial charge in [-0.05, 0) is 44.2 Å². The van der Waals surface area contributed by atoms with Crippen molar-refractivity contribution in [3.8, 4) is 0 Å². The molecule has 18 heavy (non-hydrogen) atoms. The number of nitrogens with one attached hydrogen (secondary N) is 1. The number of piperidine rings is 1. The zero-order valence-corrected chi connectivity index (χ0v) is 11.6. The first-order chi connectivity index (χ1) is 8.80. The summed E-state index contributed by atoms with van der Waals surface area (Å²) < 4.78 is 0. The lowest BCUT2D eigenvalue weighted by atomic mass is 9.77. The van der Waals surface area contributed by atoms with Crippen LogP contribution in [0.25, 0.3) is 0 Å². The van der Waals surface area contributed by atoms with E-state index in [4.69, 9.17) is 5.84 Å². The number of aromatic nitrogens is 1. The summed E-state index contributed by atoms with van der Waals surface area (Å²) in [5, 5.41) is 0.814. The molecule has 5 heteroatoms. The Labute approximate surface area is 113 Å². The second-order valence-electron chi connectivity index (χ2n) is 5.76. The molecule has 1 spiro atoms. The van der Waals surface area contributed by atoms with Crippen LogP contribution in [0.4, 0.5) is 5.13 Å². The van der Waals surface area contributed by atoms with Gasteiger partial charge in [0.1, 0.15) is 0 Å². The highest BCUT2D eigenvalue weighted by molar-refractivity contribution is 7.15. The Morgan fingerprint density at radius 3 is 2.61 bits per heavy atom. The van der Waals surface area contributed by atoms with Crippen molar-refractivity contribution >= 4 is 16.5 Å². The number of hydrogen-bond donors (Lipinski definition) is 2. The Bertz CT molecular complexity index is 387. The van der Waals surface area contributed by atoms with Gasteiger partial charge in [-0.2, -0.15) is 0 Å². The molecule has 3 rings (SSSR count). The van der Waals surface area contributed by atoms with E-state index in [9.17, 15) is 0 Å². The van der Waals surface area contributed by atoms with E-state index in [0.29, 0.717) is 5.41 Å². The first-order valence-electron chi connectivity index (χ1n) is 6.93. The van der Waals surface area contributed by atoms with Crippen LogP contribution in [-0.2, 0) is 6.54 Å². The van der Waals surface area contributed by atoms with Crippen LogP contribution in [0.1, 0.15) is 43.4 Å². The van der Waals surface area contributed by atoms with Gasteiger partial charge in [0.15, 0.2) is 5.13 Å². The van der Waals surface area contributed by atoms with Crippen molar-refractivity contribution in [2.24, 2.45) is 11.3 Å². The van der Waals surface area contributed by atoms with E-state index in [2.05, 4.69) is 15.3 Å². The van der Waals surface area contributed by atoms with Crippen LogP contribution >= 0.6 is 11.3 Å². The molecule has 1 aliphatic carbocycles. The second kappa shape index (κ2) is 5.15. The molecule has 1 aromatic heterocycles.